The third kappa shape index (κ3) is 4.05. The molecule has 5 nitrogen and oxygen atoms in total. The van der Waals surface area contributed by atoms with Gasteiger partial charge in [-0.3, -0.25) is 10.1 Å². The number of benzene rings is 1. The summed E-state index contributed by atoms with van der Waals surface area (Å²) in [6.07, 6.45) is 4.85. The lowest BCUT2D eigenvalue weighted by molar-refractivity contribution is -0.384. The zero-order valence-electron chi connectivity index (χ0n) is 12.0. The number of nitrogens with zero attached hydrogens (tertiary/aromatic N) is 1. The molecule has 0 aliphatic carbocycles. The Morgan fingerprint density at radius 3 is 2.55 bits per heavy atom. The predicted octanol–water partition coefficient (Wildman–Crippen LogP) is 4.37. The molecule has 0 aromatic heterocycles. The molecule has 1 atom stereocenters. The number of nitro groups is 1. The first kappa shape index (κ1) is 16.1. The van der Waals surface area contributed by atoms with Gasteiger partial charge in [0, 0.05) is 12.1 Å². The average molecular weight is 279 g/mol. The summed E-state index contributed by atoms with van der Waals surface area (Å²) in [5.74, 6) is -0.962. The van der Waals surface area contributed by atoms with E-state index >= 15 is 0 Å². The Morgan fingerprint density at radius 2 is 2.05 bits per heavy atom. The second-order valence-corrected chi connectivity index (χ2v) is 4.93. The van der Waals surface area contributed by atoms with Crippen LogP contribution in [-0.4, -0.2) is 16.0 Å². The third-order valence-electron chi connectivity index (χ3n) is 3.57. The molecule has 0 saturated carbocycles. The SMILES string of the molecule is CCCCCC(CC)c1cc([N+](=O)[O-])ccc1C(=O)O. The number of hydrogen-bond acceptors (Lipinski definition) is 3. The number of carboxylic acid groups (broad SMARTS) is 1. The van der Waals surface area contributed by atoms with Gasteiger partial charge in [0.2, 0.25) is 0 Å². The van der Waals surface area contributed by atoms with Gasteiger partial charge in [-0.05, 0) is 30.4 Å². The summed E-state index contributed by atoms with van der Waals surface area (Å²) in [7, 11) is 0. The van der Waals surface area contributed by atoms with Gasteiger partial charge in [0.15, 0.2) is 0 Å². The van der Waals surface area contributed by atoms with Crippen LogP contribution in [0.1, 0.15) is 67.8 Å². The van der Waals surface area contributed by atoms with Crippen LogP contribution in [-0.2, 0) is 0 Å². The summed E-state index contributed by atoms with van der Waals surface area (Å²) < 4.78 is 0. The van der Waals surface area contributed by atoms with Crippen molar-refractivity contribution in [1.29, 1.82) is 0 Å². The number of carboxylic acids is 1. The van der Waals surface area contributed by atoms with E-state index in [1.807, 2.05) is 6.92 Å². The summed E-state index contributed by atoms with van der Waals surface area (Å²) in [6.45, 7) is 4.10. The molecule has 1 unspecified atom stereocenters. The highest BCUT2D eigenvalue weighted by Crippen LogP contribution is 2.31. The first-order valence-electron chi connectivity index (χ1n) is 7.02. The fourth-order valence-electron chi connectivity index (χ4n) is 2.42. The summed E-state index contributed by atoms with van der Waals surface area (Å²) in [5, 5.41) is 20.1. The minimum Gasteiger partial charge on any atom is -0.478 e. The van der Waals surface area contributed by atoms with Crippen molar-refractivity contribution in [3.63, 3.8) is 0 Å². The monoisotopic (exact) mass is 279 g/mol. The third-order valence-corrected chi connectivity index (χ3v) is 3.57. The molecule has 1 aromatic rings. The Balaban J connectivity index is 3.11. The van der Waals surface area contributed by atoms with Crippen LogP contribution in [0.15, 0.2) is 18.2 Å². The largest absolute Gasteiger partial charge is 0.478 e. The zero-order chi connectivity index (χ0) is 15.1. The Labute approximate surface area is 118 Å². The van der Waals surface area contributed by atoms with Gasteiger partial charge in [0.05, 0.1) is 10.5 Å². The van der Waals surface area contributed by atoms with Crippen molar-refractivity contribution >= 4 is 11.7 Å². The van der Waals surface area contributed by atoms with Crippen molar-refractivity contribution in [3.05, 3.63) is 39.4 Å². The van der Waals surface area contributed by atoms with Crippen molar-refractivity contribution in [1.82, 2.24) is 0 Å². The Bertz CT molecular complexity index is 485. The first-order valence-corrected chi connectivity index (χ1v) is 7.02. The Hall–Kier alpha value is -1.91. The fourth-order valence-corrected chi connectivity index (χ4v) is 2.42. The summed E-state index contributed by atoms with van der Waals surface area (Å²) in [5.41, 5.74) is 0.725. The molecule has 0 aliphatic rings. The molecule has 0 bridgehead atoms. The lowest BCUT2D eigenvalue weighted by Crippen LogP contribution is -2.08. The van der Waals surface area contributed by atoms with Crippen LogP contribution < -0.4 is 0 Å². The molecule has 20 heavy (non-hydrogen) atoms. The molecular formula is C15H21NO4. The lowest BCUT2D eigenvalue weighted by atomic mass is 9.87. The standard InChI is InChI=1S/C15H21NO4/c1-3-5-6-7-11(4-2)14-10-12(16(19)20)8-9-13(14)15(17)18/h8-11H,3-7H2,1-2H3,(H,17,18). The van der Waals surface area contributed by atoms with Crippen LogP contribution in [0, 0.1) is 10.1 Å². The van der Waals surface area contributed by atoms with Crippen molar-refractivity contribution in [3.8, 4) is 0 Å². The minimum absolute atomic E-state index is 0.0426. The fraction of sp³-hybridized carbons (Fsp3) is 0.533. The van der Waals surface area contributed by atoms with Crippen LogP contribution in [0.4, 0.5) is 5.69 Å². The highest BCUT2D eigenvalue weighted by molar-refractivity contribution is 5.90. The van der Waals surface area contributed by atoms with Gasteiger partial charge in [-0.15, -0.1) is 0 Å². The zero-order valence-corrected chi connectivity index (χ0v) is 12.0. The van der Waals surface area contributed by atoms with Crippen LogP contribution in [0.25, 0.3) is 0 Å². The molecular weight excluding hydrogens is 258 g/mol. The maximum Gasteiger partial charge on any atom is 0.335 e. The van der Waals surface area contributed by atoms with Gasteiger partial charge in [-0.2, -0.15) is 0 Å². The van der Waals surface area contributed by atoms with Crippen molar-refractivity contribution in [2.45, 2.75) is 51.9 Å². The number of unbranched alkanes of at least 4 members (excludes halogenated alkanes) is 2. The van der Waals surface area contributed by atoms with E-state index in [0.29, 0.717) is 5.56 Å². The molecule has 1 N–H and O–H groups in total. The van der Waals surface area contributed by atoms with E-state index in [2.05, 4.69) is 6.92 Å². The molecule has 0 saturated heterocycles. The second-order valence-electron chi connectivity index (χ2n) is 4.93. The first-order chi connectivity index (χ1) is 9.51. The highest BCUT2D eigenvalue weighted by atomic mass is 16.6. The summed E-state index contributed by atoms with van der Waals surface area (Å²) >= 11 is 0. The van der Waals surface area contributed by atoms with Crippen molar-refractivity contribution < 1.29 is 14.8 Å². The number of hydrogen-bond donors (Lipinski definition) is 1. The van der Waals surface area contributed by atoms with Crippen LogP contribution in [0.5, 0.6) is 0 Å². The van der Waals surface area contributed by atoms with E-state index in [1.54, 1.807) is 0 Å². The van der Waals surface area contributed by atoms with Gasteiger partial charge in [0.25, 0.3) is 5.69 Å². The van der Waals surface area contributed by atoms with E-state index in [-0.39, 0.29) is 17.2 Å². The molecule has 1 rings (SSSR count). The van der Waals surface area contributed by atoms with Gasteiger partial charge in [0.1, 0.15) is 0 Å². The Kier molecular flexibility index (Phi) is 6.15. The molecule has 0 spiro atoms. The Morgan fingerprint density at radius 1 is 1.35 bits per heavy atom. The van der Waals surface area contributed by atoms with Crippen LogP contribution in [0.2, 0.25) is 0 Å². The molecule has 5 heteroatoms. The van der Waals surface area contributed by atoms with Gasteiger partial charge in [-0.25, -0.2) is 4.79 Å². The molecule has 110 valence electrons. The topological polar surface area (TPSA) is 80.4 Å². The number of aromatic carboxylic acids is 1. The van der Waals surface area contributed by atoms with Gasteiger partial charge in [-0.1, -0.05) is 33.1 Å². The molecule has 0 aliphatic heterocycles. The smallest absolute Gasteiger partial charge is 0.335 e. The van der Waals surface area contributed by atoms with E-state index in [9.17, 15) is 20.0 Å². The number of rotatable bonds is 8. The maximum absolute atomic E-state index is 11.3. The molecule has 0 radical (unpaired) electrons. The number of non-ortho nitro benzene ring substituents is 1. The van der Waals surface area contributed by atoms with E-state index in [1.165, 1.54) is 18.2 Å². The normalized spacial score (nSPS) is 12.1. The summed E-state index contributed by atoms with van der Waals surface area (Å²) in [6, 6.07) is 4.02. The van der Waals surface area contributed by atoms with E-state index < -0.39 is 10.9 Å². The second kappa shape index (κ2) is 7.62. The highest BCUT2D eigenvalue weighted by Gasteiger charge is 2.21. The van der Waals surface area contributed by atoms with Crippen molar-refractivity contribution in [2.24, 2.45) is 0 Å². The van der Waals surface area contributed by atoms with Gasteiger partial charge < -0.3 is 5.11 Å². The molecule has 0 heterocycles. The van der Waals surface area contributed by atoms with Crippen molar-refractivity contribution in [2.75, 3.05) is 0 Å². The van der Waals surface area contributed by atoms with Crippen LogP contribution >= 0.6 is 0 Å². The molecule has 1 aromatic carbocycles. The van der Waals surface area contributed by atoms with E-state index in [4.69, 9.17) is 0 Å². The molecule has 0 amide bonds. The van der Waals surface area contributed by atoms with Gasteiger partial charge >= 0.3 is 5.97 Å². The number of nitro benzene ring substituents is 1. The minimum atomic E-state index is -1.02. The average Bonchev–Trinajstić information content (AvgIpc) is 2.43. The lowest BCUT2D eigenvalue weighted by Gasteiger charge is -2.17. The van der Waals surface area contributed by atoms with E-state index in [0.717, 1.165) is 32.1 Å². The molecule has 0 fully saturated rings. The predicted molar refractivity (Wildman–Crippen MR) is 77.2 cm³/mol. The number of carbonyl (C=O) groups is 1. The maximum atomic E-state index is 11.3. The van der Waals surface area contributed by atoms with Crippen LogP contribution in [0.3, 0.4) is 0 Å². The quantitative estimate of drug-likeness (QED) is 0.435. The summed E-state index contributed by atoms with van der Waals surface area (Å²) in [4.78, 5) is 21.7.